The summed E-state index contributed by atoms with van der Waals surface area (Å²) in [5.41, 5.74) is 2.17. The van der Waals surface area contributed by atoms with Crippen LogP contribution in [0.3, 0.4) is 0 Å². The summed E-state index contributed by atoms with van der Waals surface area (Å²) in [6.07, 6.45) is 6.64. The topological polar surface area (TPSA) is 26.3 Å². The van der Waals surface area contributed by atoms with Crippen molar-refractivity contribution < 1.29 is 9.53 Å². The second-order valence-electron chi connectivity index (χ2n) is 4.58. The van der Waals surface area contributed by atoms with Crippen LogP contribution in [0.5, 0.6) is 0 Å². The maximum atomic E-state index is 11.7. The maximum absolute atomic E-state index is 11.7. The number of allylic oxidation sites excluding steroid dienone is 2. The molecule has 1 aromatic rings. The van der Waals surface area contributed by atoms with E-state index in [9.17, 15) is 4.79 Å². The van der Waals surface area contributed by atoms with Gasteiger partial charge in [0.15, 0.2) is 0 Å². The summed E-state index contributed by atoms with van der Waals surface area (Å²) >= 11 is 0. The largest absolute Gasteiger partial charge is 0.458 e. The Balaban J connectivity index is 1.87. The fourth-order valence-electron chi connectivity index (χ4n) is 1.89. The van der Waals surface area contributed by atoms with Crippen LogP contribution in [0, 0.1) is 5.92 Å². The second kappa shape index (κ2) is 6.20. The van der Waals surface area contributed by atoms with E-state index in [1.54, 1.807) is 6.08 Å². The molecule has 94 valence electrons. The normalized spacial score (nSPS) is 15.2. The fraction of sp³-hybridized carbons (Fsp3) is 0.312. The molecule has 2 nitrogen and oxygen atoms in total. The van der Waals surface area contributed by atoms with Crippen LogP contribution in [0.25, 0.3) is 0 Å². The molecular formula is C16H18O2. The van der Waals surface area contributed by atoms with Crippen molar-refractivity contribution in [1.82, 2.24) is 0 Å². The monoisotopic (exact) mass is 242 g/mol. The summed E-state index contributed by atoms with van der Waals surface area (Å²) in [4.78, 5) is 11.7. The van der Waals surface area contributed by atoms with E-state index in [1.807, 2.05) is 36.4 Å². The number of esters is 1. The van der Waals surface area contributed by atoms with Crippen LogP contribution in [-0.4, -0.2) is 5.97 Å². The molecule has 1 saturated carbocycles. The van der Waals surface area contributed by atoms with Crippen LogP contribution in [0.1, 0.15) is 24.8 Å². The number of hydrogen-bond acceptors (Lipinski definition) is 2. The van der Waals surface area contributed by atoms with E-state index in [0.29, 0.717) is 12.5 Å². The Bertz CT molecular complexity index is 441. The molecule has 0 unspecified atom stereocenters. The van der Waals surface area contributed by atoms with Gasteiger partial charge in [0.05, 0.1) is 0 Å². The lowest BCUT2D eigenvalue weighted by atomic mass is 10.1. The van der Waals surface area contributed by atoms with E-state index < -0.39 is 0 Å². The first-order valence-electron chi connectivity index (χ1n) is 6.31. The van der Waals surface area contributed by atoms with Crippen LogP contribution in [0.2, 0.25) is 0 Å². The Labute approximate surface area is 108 Å². The van der Waals surface area contributed by atoms with Gasteiger partial charge in [0, 0.05) is 6.08 Å². The Morgan fingerprint density at radius 2 is 2.06 bits per heavy atom. The van der Waals surface area contributed by atoms with E-state index in [4.69, 9.17) is 4.74 Å². The lowest BCUT2D eigenvalue weighted by molar-refractivity contribution is -0.139. The first-order valence-corrected chi connectivity index (χ1v) is 6.31. The van der Waals surface area contributed by atoms with Gasteiger partial charge in [0.2, 0.25) is 0 Å². The van der Waals surface area contributed by atoms with Crippen molar-refractivity contribution >= 4 is 5.97 Å². The molecule has 0 amide bonds. The maximum Gasteiger partial charge on any atom is 0.331 e. The predicted molar refractivity (Wildman–Crippen MR) is 71.9 cm³/mol. The summed E-state index contributed by atoms with van der Waals surface area (Å²) < 4.78 is 5.23. The van der Waals surface area contributed by atoms with E-state index in [1.165, 1.54) is 12.8 Å². The van der Waals surface area contributed by atoms with Gasteiger partial charge < -0.3 is 4.74 Å². The molecule has 0 heterocycles. The smallest absolute Gasteiger partial charge is 0.331 e. The molecule has 18 heavy (non-hydrogen) atoms. The number of hydrogen-bond donors (Lipinski definition) is 0. The van der Waals surface area contributed by atoms with Crippen molar-refractivity contribution in [2.24, 2.45) is 5.92 Å². The standard InChI is InChI=1S/C16H18O2/c1-2-6-15(14-9-10-14)11-16(17)18-12-13-7-4-3-5-8-13/h2-5,7-8,11,14H,1,6,9-10,12H2/b15-11-. The molecule has 0 spiro atoms. The van der Waals surface area contributed by atoms with Crippen molar-refractivity contribution in [3.63, 3.8) is 0 Å². The molecule has 0 aromatic heterocycles. The number of ether oxygens (including phenoxy) is 1. The van der Waals surface area contributed by atoms with Crippen molar-refractivity contribution in [2.45, 2.75) is 25.9 Å². The van der Waals surface area contributed by atoms with Crippen LogP contribution in [-0.2, 0) is 16.1 Å². The minimum atomic E-state index is -0.248. The molecule has 2 rings (SSSR count). The molecule has 0 bridgehead atoms. The molecule has 0 saturated heterocycles. The van der Waals surface area contributed by atoms with E-state index in [0.717, 1.165) is 17.6 Å². The zero-order valence-electron chi connectivity index (χ0n) is 10.5. The second-order valence-corrected chi connectivity index (χ2v) is 4.58. The van der Waals surface area contributed by atoms with E-state index in [-0.39, 0.29) is 5.97 Å². The highest BCUT2D eigenvalue weighted by Crippen LogP contribution is 2.38. The Hall–Kier alpha value is -1.83. The highest BCUT2D eigenvalue weighted by atomic mass is 16.5. The molecule has 0 atom stereocenters. The first kappa shape index (κ1) is 12.6. The van der Waals surface area contributed by atoms with E-state index >= 15 is 0 Å². The van der Waals surface area contributed by atoms with Crippen LogP contribution in [0.4, 0.5) is 0 Å². The Morgan fingerprint density at radius 3 is 2.67 bits per heavy atom. The quantitative estimate of drug-likeness (QED) is 0.432. The lowest BCUT2D eigenvalue weighted by Gasteiger charge is -2.04. The lowest BCUT2D eigenvalue weighted by Crippen LogP contribution is -2.03. The Morgan fingerprint density at radius 1 is 1.33 bits per heavy atom. The van der Waals surface area contributed by atoms with Gasteiger partial charge in [-0.25, -0.2) is 4.79 Å². The molecule has 0 N–H and O–H groups in total. The zero-order valence-corrected chi connectivity index (χ0v) is 10.5. The van der Waals surface area contributed by atoms with Gasteiger partial charge in [0.25, 0.3) is 0 Å². The highest BCUT2D eigenvalue weighted by molar-refractivity contribution is 5.83. The molecular weight excluding hydrogens is 224 g/mol. The summed E-state index contributed by atoms with van der Waals surface area (Å²) in [6.45, 7) is 4.05. The van der Waals surface area contributed by atoms with Crippen molar-refractivity contribution in [1.29, 1.82) is 0 Å². The minimum Gasteiger partial charge on any atom is -0.458 e. The number of benzene rings is 1. The molecule has 0 aliphatic heterocycles. The van der Waals surface area contributed by atoms with Gasteiger partial charge in [-0.05, 0) is 30.7 Å². The molecule has 0 radical (unpaired) electrons. The summed E-state index contributed by atoms with van der Waals surface area (Å²) in [5.74, 6) is 0.329. The van der Waals surface area contributed by atoms with Gasteiger partial charge in [-0.3, -0.25) is 0 Å². The van der Waals surface area contributed by atoms with Crippen molar-refractivity contribution in [3.05, 3.63) is 60.2 Å². The van der Waals surface area contributed by atoms with E-state index in [2.05, 4.69) is 6.58 Å². The van der Waals surface area contributed by atoms with Gasteiger partial charge in [0.1, 0.15) is 6.61 Å². The third-order valence-electron chi connectivity index (χ3n) is 3.01. The average molecular weight is 242 g/mol. The van der Waals surface area contributed by atoms with Crippen LogP contribution < -0.4 is 0 Å². The summed E-state index contributed by atoms with van der Waals surface area (Å²) in [5, 5.41) is 0. The molecule has 1 aliphatic carbocycles. The number of carbonyl (C=O) groups excluding carboxylic acids is 1. The number of carbonyl (C=O) groups is 1. The van der Waals surface area contributed by atoms with Gasteiger partial charge in [-0.1, -0.05) is 42.0 Å². The summed E-state index contributed by atoms with van der Waals surface area (Å²) in [7, 11) is 0. The molecule has 1 aromatic carbocycles. The summed E-state index contributed by atoms with van der Waals surface area (Å²) in [6, 6.07) is 9.71. The van der Waals surface area contributed by atoms with Gasteiger partial charge in [-0.2, -0.15) is 0 Å². The predicted octanol–water partition coefficient (Wildman–Crippen LogP) is 3.64. The first-order chi connectivity index (χ1) is 8.79. The molecule has 2 heteroatoms. The third-order valence-corrected chi connectivity index (χ3v) is 3.01. The van der Waals surface area contributed by atoms with Crippen molar-refractivity contribution in [3.8, 4) is 0 Å². The highest BCUT2D eigenvalue weighted by Gasteiger charge is 2.25. The van der Waals surface area contributed by atoms with Crippen LogP contribution >= 0.6 is 0 Å². The van der Waals surface area contributed by atoms with Crippen LogP contribution in [0.15, 0.2) is 54.6 Å². The number of rotatable bonds is 6. The Kier molecular flexibility index (Phi) is 4.35. The molecule has 1 fully saturated rings. The average Bonchev–Trinajstić information content (AvgIpc) is 3.21. The minimum absolute atomic E-state index is 0.248. The van der Waals surface area contributed by atoms with Gasteiger partial charge >= 0.3 is 5.97 Å². The third kappa shape index (κ3) is 3.88. The SMILES string of the molecule is C=CC/C(=C/C(=O)OCc1ccccc1)C1CC1. The van der Waals surface area contributed by atoms with Crippen molar-refractivity contribution in [2.75, 3.05) is 0 Å². The zero-order chi connectivity index (χ0) is 12.8. The fourth-order valence-corrected chi connectivity index (χ4v) is 1.89. The van der Waals surface area contributed by atoms with Gasteiger partial charge in [-0.15, -0.1) is 6.58 Å². The molecule has 1 aliphatic rings.